The molecule has 4 aromatic carbocycles. The van der Waals surface area contributed by atoms with E-state index in [2.05, 4.69) is 10.3 Å². The predicted octanol–water partition coefficient (Wildman–Crippen LogP) is 7.02. The average molecular weight is 526 g/mol. The number of hydrogen-bond donors (Lipinski definition) is 2. The van der Waals surface area contributed by atoms with Crippen LogP contribution in [-0.2, 0) is 0 Å². The van der Waals surface area contributed by atoms with Gasteiger partial charge >= 0.3 is 5.97 Å². The second-order valence-corrected chi connectivity index (χ2v) is 9.62. The Morgan fingerprint density at radius 1 is 1.05 bits per heavy atom. The number of ether oxygens (including phenoxy) is 1. The van der Waals surface area contributed by atoms with E-state index in [1.807, 2.05) is 48.5 Å². The fraction of sp³-hybridized carbons (Fsp3) is 0.103. The van der Waals surface area contributed by atoms with E-state index in [0.29, 0.717) is 30.2 Å². The minimum atomic E-state index is -0.970. The van der Waals surface area contributed by atoms with Crippen LogP contribution < -0.4 is 10.1 Å². The highest BCUT2D eigenvalue weighted by Gasteiger charge is 2.11. The zero-order chi connectivity index (χ0) is 26.5. The molecule has 2 N–H and O–H groups in total. The second kappa shape index (κ2) is 11.1. The van der Waals surface area contributed by atoms with Crippen molar-refractivity contribution in [2.24, 2.45) is 0 Å². The first-order valence-corrected chi connectivity index (χ1v) is 12.7. The lowest BCUT2D eigenvalue weighted by Gasteiger charge is -2.12. The van der Waals surface area contributed by atoms with Crippen molar-refractivity contribution >= 4 is 55.2 Å². The van der Waals surface area contributed by atoms with Gasteiger partial charge in [-0.3, -0.25) is 10.1 Å². The Bertz CT molecular complexity index is 1660. The van der Waals surface area contributed by atoms with E-state index >= 15 is 0 Å². The third-order valence-corrected chi connectivity index (χ3v) is 6.98. The van der Waals surface area contributed by atoms with Crippen molar-refractivity contribution in [3.8, 4) is 5.75 Å². The van der Waals surface area contributed by atoms with Crippen LogP contribution in [0.3, 0.4) is 0 Å². The number of aromatic nitrogens is 1. The van der Waals surface area contributed by atoms with Crippen LogP contribution >= 0.6 is 11.3 Å². The number of fused-ring (bicyclic) bond motifs is 2. The first-order valence-electron chi connectivity index (χ1n) is 11.9. The summed E-state index contributed by atoms with van der Waals surface area (Å²) < 4.78 is 6.88. The van der Waals surface area contributed by atoms with E-state index in [-0.39, 0.29) is 11.3 Å². The average Bonchev–Trinajstić information content (AvgIpc) is 3.34. The van der Waals surface area contributed by atoms with E-state index in [4.69, 9.17) is 4.74 Å². The van der Waals surface area contributed by atoms with Crippen molar-refractivity contribution < 1.29 is 19.6 Å². The number of anilines is 1. The molecule has 190 valence electrons. The molecule has 0 unspecified atom stereocenters. The number of benzene rings is 4. The molecule has 0 aliphatic rings. The molecule has 0 amide bonds. The van der Waals surface area contributed by atoms with Gasteiger partial charge in [-0.2, -0.15) is 0 Å². The summed E-state index contributed by atoms with van der Waals surface area (Å²) in [4.78, 5) is 26.4. The van der Waals surface area contributed by atoms with Gasteiger partial charge in [-0.05, 0) is 40.8 Å². The summed E-state index contributed by atoms with van der Waals surface area (Å²) in [6, 6.07) is 25.3. The molecule has 1 aromatic heterocycles. The summed E-state index contributed by atoms with van der Waals surface area (Å²) in [5.74, 6) is -0.157. The molecule has 9 heteroatoms. The molecular formula is C29H23N3O5S. The summed E-state index contributed by atoms with van der Waals surface area (Å²) in [7, 11) is 0. The summed E-state index contributed by atoms with van der Waals surface area (Å²) in [5, 5.41) is 26.4. The Balaban J connectivity index is 1.33. The fourth-order valence-corrected chi connectivity index (χ4v) is 4.97. The Morgan fingerprint density at radius 3 is 2.63 bits per heavy atom. The maximum atomic E-state index is 11.2. The van der Waals surface area contributed by atoms with Crippen molar-refractivity contribution in [2.75, 3.05) is 18.5 Å². The van der Waals surface area contributed by atoms with Gasteiger partial charge in [0.1, 0.15) is 5.75 Å². The third kappa shape index (κ3) is 5.79. The van der Waals surface area contributed by atoms with Crippen molar-refractivity contribution in [3.63, 3.8) is 0 Å². The van der Waals surface area contributed by atoms with Crippen LogP contribution in [0.25, 0.3) is 27.1 Å². The maximum Gasteiger partial charge on any atom is 0.335 e. The largest absolute Gasteiger partial charge is 0.493 e. The van der Waals surface area contributed by atoms with Crippen LogP contribution in [0.2, 0.25) is 0 Å². The molecule has 0 aliphatic carbocycles. The van der Waals surface area contributed by atoms with Crippen LogP contribution in [0, 0.1) is 10.1 Å². The summed E-state index contributed by atoms with van der Waals surface area (Å²) in [6.07, 6.45) is 2.62. The van der Waals surface area contributed by atoms with E-state index in [9.17, 15) is 20.0 Å². The highest BCUT2D eigenvalue weighted by molar-refractivity contribution is 7.22. The molecule has 1 heterocycles. The Kier molecular flexibility index (Phi) is 7.28. The first kappa shape index (κ1) is 24.9. The van der Waals surface area contributed by atoms with Gasteiger partial charge in [-0.1, -0.05) is 65.9 Å². The van der Waals surface area contributed by atoms with Crippen LogP contribution in [-0.4, -0.2) is 34.1 Å². The number of nitro benzene ring substituents is 1. The topological polar surface area (TPSA) is 115 Å². The number of carboxylic acid groups (broad SMARTS) is 1. The summed E-state index contributed by atoms with van der Waals surface area (Å²) in [6.45, 7) is 0.919. The molecule has 0 fully saturated rings. The molecule has 0 spiro atoms. The summed E-state index contributed by atoms with van der Waals surface area (Å²) in [5.41, 5.74) is 2.85. The smallest absolute Gasteiger partial charge is 0.335 e. The zero-order valence-electron chi connectivity index (χ0n) is 20.2. The Hall–Kier alpha value is -4.76. The second-order valence-electron chi connectivity index (χ2n) is 8.59. The van der Waals surface area contributed by atoms with Crippen LogP contribution in [0.1, 0.15) is 22.3 Å². The molecule has 5 rings (SSSR count). The van der Waals surface area contributed by atoms with Crippen molar-refractivity contribution in [1.29, 1.82) is 0 Å². The van der Waals surface area contributed by atoms with Gasteiger partial charge in [-0.15, -0.1) is 0 Å². The van der Waals surface area contributed by atoms with Crippen LogP contribution in [0.5, 0.6) is 5.75 Å². The third-order valence-electron chi connectivity index (χ3n) is 6.01. The zero-order valence-corrected chi connectivity index (χ0v) is 21.0. The quantitative estimate of drug-likeness (QED) is 0.149. The molecule has 0 saturated heterocycles. The maximum absolute atomic E-state index is 11.2. The van der Waals surface area contributed by atoms with Crippen molar-refractivity contribution in [1.82, 2.24) is 4.98 Å². The molecule has 5 aromatic rings. The van der Waals surface area contributed by atoms with E-state index in [1.54, 1.807) is 30.3 Å². The molecule has 0 saturated carbocycles. The highest BCUT2D eigenvalue weighted by atomic mass is 32.1. The number of rotatable bonds is 10. The van der Waals surface area contributed by atoms with E-state index < -0.39 is 10.9 Å². The van der Waals surface area contributed by atoms with E-state index in [0.717, 1.165) is 32.4 Å². The van der Waals surface area contributed by atoms with Crippen molar-refractivity contribution in [2.45, 2.75) is 6.42 Å². The van der Waals surface area contributed by atoms with Crippen LogP contribution in [0.15, 0.2) is 90.5 Å². The SMILES string of the molecule is O=C(O)c1ccc(C=C(CCOc2cccc3ccccc23)CNc2nc3ccc([N+](=O)[O-])cc3s2)cc1. The number of nitrogens with one attached hydrogen (secondary N) is 1. The molecular weight excluding hydrogens is 502 g/mol. The fourth-order valence-electron chi connectivity index (χ4n) is 4.07. The number of non-ortho nitro benzene ring substituents is 1. The lowest BCUT2D eigenvalue weighted by atomic mass is 10.1. The predicted molar refractivity (Wildman–Crippen MR) is 150 cm³/mol. The van der Waals surface area contributed by atoms with Gasteiger partial charge in [0.15, 0.2) is 5.13 Å². The van der Waals surface area contributed by atoms with E-state index in [1.165, 1.54) is 23.5 Å². The number of hydrogen-bond acceptors (Lipinski definition) is 7. The lowest BCUT2D eigenvalue weighted by molar-refractivity contribution is -0.384. The molecule has 0 aliphatic heterocycles. The van der Waals surface area contributed by atoms with Gasteiger partial charge in [0.2, 0.25) is 0 Å². The van der Waals surface area contributed by atoms with Gasteiger partial charge in [0.25, 0.3) is 5.69 Å². The van der Waals surface area contributed by atoms with Gasteiger partial charge in [-0.25, -0.2) is 9.78 Å². The Labute approximate surface area is 222 Å². The number of nitro groups is 1. The van der Waals surface area contributed by atoms with Crippen LogP contribution in [0.4, 0.5) is 10.8 Å². The number of aromatic carboxylic acids is 1. The normalized spacial score (nSPS) is 11.5. The number of carboxylic acids is 1. The molecule has 0 radical (unpaired) electrons. The Morgan fingerprint density at radius 2 is 1.84 bits per heavy atom. The monoisotopic (exact) mass is 525 g/mol. The molecule has 8 nitrogen and oxygen atoms in total. The molecule has 0 bridgehead atoms. The first-order chi connectivity index (χ1) is 18.5. The van der Waals surface area contributed by atoms with Gasteiger partial charge in [0.05, 0.1) is 27.3 Å². The minimum Gasteiger partial charge on any atom is -0.493 e. The van der Waals surface area contributed by atoms with Gasteiger partial charge in [0, 0.05) is 30.5 Å². The van der Waals surface area contributed by atoms with Crippen molar-refractivity contribution in [3.05, 3.63) is 112 Å². The number of nitrogens with zero attached hydrogens (tertiary/aromatic N) is 2. The molecule has 0 atom stereocenters. The number of carbonyl (C=O) groups is 1. The lowest BCUT2D eigenvalue weighted by Crippen LogP contribution is -2.08. The highest BCUT2D eigenvalue weighted by Crippen LogP contribution is 2.30. The molecule has 38 heavy (non-hydrogen) atoms. The number of thiazole rings is 1. The summed E-state index contributed by atoms with van der Waals surface area (Å²) >= 11 is 1.35. The minimum absolute atomic E-state index is 0.0312. The van der Waals surface area contributed by atoms with Gasteiger partial charge < -0.3 is 15.2 Å². The standard InChI is InChI=1S/C29H23N3O5S/c33-28(34)22-10-8-19(9-11-22)16-20(14-15-37-26-7-3-5-21-4-1-2-6-24(21)26)18-30-29-31-25-13-12-23(32(35)36)17-27(25)38-29/h1-13,16-17H,14-15,18H2,(H,30,31)(H,33,34).